The minimum atomic E-state index is -0.369. The Kier molecular flexibility index (Phi) is 3.26. The molecule has 22 heavy (non-hydrogen) atoms. The summed E-state index contributed by atoms with van der Waals surface area (Å²) in [7, 11) is 0. The van der Waals surface area contributed by atoms with Crippen LogP contribution in [0, 0.1) is 5.82 Å². The number of rotatable bonds is 3. The standard InChI is InChI=1S/C17H20FN3O/c1-11-10-12(6-9-19-11)15-20-16(21-22-15)17(7-8-17)13-4-2-3-5-14(13)18/h2-5,11-12,19H,6-10H2,1H3/t11-,12-/m1/s1. The molecule has 2 aliphatic rings. The Morgan fingerprint density at radius 1 is 1.32 bits per heavy atom. The van der Waals surface area contributed by atoms with E-state index in [4.69, 9.17) is 4.52 Å². The van der Waals surface area contributed by atoms with Gasteiger partial charge in [0.25, 0.3) is 0 Å². The van der Waals surface area contributed by atoms with E-state index in [1.54, 1.807) is 6.07 Å². The fourth-order valence-electron chi connectivity index (χ4n) is 3.54. The average Bonchev–Trinajstić information content (AvgIpc) is 3.17. The number of nitrogens with zero attached hydrogens (tertiary/aromatic N) is 2. The lowest BCUT2D eigenvalue weighted by atomic mass is 9.92. The summed E-state index contributed by atoms with van der Waals surface area (Å²) in [6.07, 6.45) is 3.79. The van der Waals surface area contributed by atoms with Gasteiger partial charge in [-0.15, -0.1) is 0 Å². The zero-order chi connectivity index (χ0) is 15.2. The van der Waals surface area contributed by atoms with E-state index < -0.39 is 0 Å². The first kappa shape index (κ1) is 13.9. The average molecular weight is 301 g/mol. The van der Waals surface area contributed by atoms with E-state index in [-0.39, 0.29) is 11.2 Å². The Bertz CT molecular complexity index is 680. The van der Waals surface area contributed by atoms with Crippen LogP contribution >= 0.6 is 0 Å². The van der Waals surface area contributed by atoms with Gasteiger partial charge in [0.05, 0.1) is 5.41 Å². The Morgan fingerprint density at radius 2 is 2.14 bits per heavy atom. The molecule has 1 saturated heterocycles. The maximum atomic E-state index is 14.1. The van der Waals surface area contributed by atoms with Gasteiger partial charge in [0.15, 0.2) is 5.82 Å². The number of aromatic nitrogens is 2. The highest BCUT2D eigenvalue weighted by Crippen LogP contribution is 2.53. The first-order valence-electron chi connectivity index (χ1n) is 8.01. The van der Waals surface area contributed by atoms with Crippen LogP contribution in [0.4, 0.5) is 4.39 Å². The second-order valence-corrected chi connectivity index (χ2v) is 6.59. The molecule has 0 unspecified atom stereocenters. The molecule has 2 atom stereocenters. The van der Waals surface area contributed by atoms with Crippen molar-refractivity contribution in [2.75, 3.05) is 6.54 Å². The summed E-state index contributed by atoms with van der Waals surface area (Å²) in [5.74, 6) is 1.50. The van der Waals surface area contributed by atoms with Crippen LogP contribution in [0.2, 0.25) is 0 Å². The van der Waals surface area contributed by atoms with Gasteiger partial charge in [-0.25, -0.2) is 4.39 Å². The van der Waals surface area contributed by atoms with E-state index in [0.29, 0.717) is 29.2 Å². The summed E-state index contributed by atoms with van der Waals surface area (Å²) in [5, 5.41) is 7.62. The smallest absolute Gasteiger partial charge is 0.229 e. The van der Waals surface area contributed by atoms with Crippen molar-refractivity contribution in [3.8, 4) is 0 Å². The minimum Gasteiger partial charge on any atom is -0.339 e. The van der Waals surface area contributed by atoms with Gasteiger partial charge in [0.1, 0.15) is 5.82 Å². The van der Waals surface area contributed by atoms with Crippen LogP contribution in [-0.4, -0.2) is 22.7 Å². The van der Waals surface area contributed by atoms with E-state index in [1.807, 2.05) is 12.1 Å². The highest BCUT2D eigenvalue weighted by atomic mass is 19.1. The predicted molar refractivity (Wildman–Crippen MR) is 80.2 cm³/mol. The highest BCUT2D eigenvalue weighted by molar-refractivity contribution is 5.39. The molecule has 0 amide bonds. The number of nitrogens with one attached hydrogen (secondary N) is 1. The Labute approximate surface area is 129 Å². The van der Waals surface area contributed by atoms with Crippen molar-refractivity contribution in [2.24, 2.45) is 0 Å². The zero-order valence-corrected chi connectivity index (χ0v) is 12.7. The van der Waals surface area contributed by atoms with Gasteiger partial charge in [-0.05, 0) is 45.2 Å². The van der Waals surface area contributed by atoms with Crippen LogP contribution in [0.1, 0.15) is 55.8 Å². The van der Waals surface area contributed by atoms with Crippen LogP contribution in [0.5, 0.6) is 0 Å². The number of hydrogen-bond donors (Lipinski definition) is 1. The third kappa shape index (κ3) is 2.24. The maximum Gasteiger partial charge on any atom is 0.229 e. The van der Waals surface area contributed by atoms with E-state index in [9.17, 15) is 4.39 Å². The van der Waals surface area contributed by atoms with Gasteiger partial charge in [0, 0.05) is 17.5 Å². The minimum absolute atomic E-state index is 0.179. The molecular weight excluding hydrogens is 281 g/mol. The van der Waals surface area contributed by atoms with Crippen molar-refractivity contribution in [1.29, 1.82) is 0 Å². The van der Waals surface area contributed by atoms with Gasteiger partial charge in [0.2, 0.25) is 5.89 Å². The molecule has 4 rings (SSSR count). The molecule has 1 N–H and O–H groups in total. The molecule has 1 saturated carbocycles. The number of halogens is 1. The lowest BCUT2D eigenvalue weighted by Crippen LogP contribution is -2.35. The summed E-state index contributed by atoms with van der Waals surface area (Å²) in [6, 6.07) is 7.40. The highest BCUT2D eigenvalue weighted by Gasteiger charge is 2.51. The van der Waals surface area contributed by atoms with Gasteiger partial charge < -0.3 is 9.84 Å². The summed E-state index contributed by atoms with van der Waals surface area (Å²) in [4.78, 5) is 4.65. The molecule has 1 aromatic heterocycles. The molecule has 116 valence electrons. The number of piperidine rings is 1. The first-order chi connectivity index (χ1) is 10.7. The second kappa shape index (κ2) is 5.16. The van der Waals surface area contributed by atoms with Crippen molar-refractivity contribution in [3.63, 3.8) is 0 Å². The van der Waals surface area contributed by atoms with Gasteiger partial charge in [-0.2, -0.15) is 4.98 Å². The van der Waals surface area contributed by atoms with Crippen molar-refractivity contribution < 1.29 is 8.91 Å². The normalized spacial score (nSPS) is 26.8. The van der Waals surface area contributed by atoms with Crippen LogP contribution in [-0.2, 0) is 5.41 Å². The van der Waals surface area contributed by atoms with Crippen molar-refractivity contribution >= 4 is 0 Å². The number of benzene rings is 1. The largest absolute Gasteiger partial charge is 0.339 e. The molecule has 4 nitrogen and oxygen atoms in total. The van der Waals surface area contributed by atoms with Crippen LogP contribution < -0.4 is 5.32 Å². The van der Waals surface area contributed by atoms with Gasteiger partial charge in [-0.3, -0.25) is 0 Å². The molecule has 2 aromatic rings. The molecule has 0 bridgehead atoms. The molecule has 5 heteroatoms. The third-order valence-electron chi connectivity index (χ3n) is 4.98. The second-order valence-electron chi connectivity index (χ2n) is 6.59. The third-order valence-corrected chi connectivity index (χ3v) is 4.98. The van der Waals surface area contributed by atoms with E-state index in [1.165, 1.54) is 6.07 Å². The summed E-state index contributed by atoms with van der Waals surface area (Å²) in [6.45, 7) is 3.15. The topological polar surface area (TPSA) is 51.0 Å². The van der Waals surface area contributed by atoms with E-state index in [0.717, 1.165) is 32.2 Å². The fourth-order valence-corrected chi connectivity index (χ4v) is 3.54. The molecule has 1 aliphatic carbocycles. The molecule has 1 aromatic carbocycles. The summed E-state index contributed by atoms with van der Waals surface area (Å²) >= 11 is 0. The molecule has 2 heterocycles. The number of hydrogen-bond acceptors (Lipinski definition) is 4. The monoisotopic (exact) mass is 301 g/mol. The fraction of sp³-hybridized carbons (Fsp3) is 0.529. The first-order valence-corrected chi connectivity index (χ1v) is 8.01. The van der Waals surface area contributed by atoms with Crippen LogP contribution in [0.3, 0.4) is 0 Å². The predicted octanol–water partition coefficient (Wildman–Crippen LogP) is 3.14. The van der Waals surface area contributed by atoms with Gasteiger partial charge in [-0.1, -0.05) is 23.4 Å². The van der Waals surface area contributed by atoms with Gasteiger partial charge >= 0.3 is 0 Å². The molecule has 2 fully saturated rings. The molecule has 1 aliphatic heterocycles. The summed E-state index contributed by atoms with van der Waals surface area (Å²) < 4.78 is 19.7. The Morgan fingerprint density at radius 3 is 2.86 bits per heavy atom. The van der Waals surface area contributed by atoms with E-state index >= 15 is 0 Å². The zero-order valence-electron chi connectivity index (χ0n) is 12.7. The Balaban J connectivity index is 1.63. The van der Waals surface area contributed by atoms with Crippen molar-refractivity contribution in [2.45, 2.75) is 50.0 Å². The van der Waals surface area contributed by atoms with Crippen molar-refractivity contribution in [1.82, 2.24) is 15.5 Å². The van der Waals surface area contributed by atoms with Crippen molar-refractivity contribution in [3.05, 3.63) is 47.4 Å². The lowest BCUT2D eigenvalue weighted by Gasteiger charge is -2.25. The van der Waals surface area contributed by atoms with Crippen LogP contribution in [0.25, 0.3) is 0 Å². The molecule has 0 radical (unpaired) electrons. The Hall–Kier alpha value is -1.75. The lowest BCUT2D eigenvalue weighted by molar-refractivity contribution is 0.293. The maximum absolute atomic E-state index is 14.1. The molecule has 0 spiro atoms. The van der Waals surface area contributed by atoms with Crippen LogP contribution in [0.15, 0.2) is 28.8 Å². The van der Waals surface area contributed by atoms with E-state index in [2.05, 4.69) is 22.4 Å². The SMILES string of the molecule is C[C@@H]1C[C@H](c2nc(C3(c4ccccc4F)CC3)no2)CCN1. The summed E-state index contributed by atoms with van der Waals surface area (Å²) in [5.41, 5.74) is 0.326. The quantitative estimate of drug-likeness (QED) is 0.946. The molecular formula is C17H20FN3O.